The normalized spacial score (nSPS) is 12.9. The maximum absolute atomic E-state index is 13.0. The fourth-order valence-corrected chi connectivity index (χ4v) is 6.21. The summed E-state index contributed by atoms with van der Waals surface area (Å²) in [7, 11) is -18.1. The van der Waals surface area contributed by atoms with E-state index in [0.29, 0.717) is 23.4 Å². The first-order valence-electron chi connectivity index (χ1n) is 14.0. The number of imidazole rings is 1. The van der Waals surface area contributed by atoms with E-state index >= 15 is 0 Å². The molecule has 0 amide bonds. The van der Waals surface area contributed by atoms with Gasteiger partial charge < -0.3 is 9.30 Å². The summed E-state index contributed by atoms with van der Waals surface area (Å²) in [6.45, 7) is 1.37. The number of sulfonamides is 1. The van der Waals surface area contributed by atoms with E-state index in [1.165, 1.54) is 24.0 Å². The number of aryl methyl sites for hydroxylation is 1. The number of aromatic nitrogens is 2. The van der Waals surface area contributed by atoms with Gasteiger partial charge in [-0.25, -0.2) is 22.9 Å². The van der Waals surface area contributed by atoms with Crippen LogP contribution in [0.4, 0.5) is 39.5 Å². The van der Waals surface area contributed by atoms with Crippen LogP contribution in [0.3, 0.4) is 0 Å². The molecule has 26 heteroatoms. The minimum atomic E-state index is -6.85. The molecule has 3 aromatic rings. The van der Waals surface area contributed by atoms with Gasteiger partial charge in [0.15, 0.2) is 10.9 Å². The van der Waals surface area contributed by atoms with Crippen molar-refractivity contribution >= 4 is 53.6 Å². The lowest BCUT2D eigenvalue weighted by Crippen LogP contribution is -2.36. The number of hydrogen-bond donors (Lipinski definition) is 1. The Kier molecular flexibility index (Phi) is 14.7. The number of nitrogens with one attached hydrogen (secondary N) is 1. The van der Waals surface area contributed by atoms with E-state index in [2.05, 4.69) is 4.98 Å². The van der Waals surface area contributed by atoms with Crippen molar-refractivity contribution in [2.24, 2.45) is 0 Å². The van der Waals surface area contributed by atoms with Crippen molar-refractivity contribution in [1.29, 1.82) is 0 Å². The van der Waals surface area contributed by atoms with Crippen molar-refractivity contribution in [2.45, 2.75) is 55.8 Å². The highest BCUT2D eigenvalue weighted by Crippen LogP contribution is 2.32. The first-order chi connectivity index (χ1) is 24.1. The second-order valence-corrected chi connectivity index (χ2v) is 15.6. The standard InChI is InChI=1S/C25H25ClF3N3O5S.C2F6O5S2/c1-3-4-9-21-31-23(26)20(14-30-38(35,36)25(27,28)29)32(21)15-16-10-12-17(13-11-16)22(33)18-7-5-6-8-19(18)24(34)37-2;3-1(4,5)14(9,10)13-15(11,12)2(6,7)8/h5-8,10-13,30H,3-4,9,14-15H2,1-2H3;. The van der Waals surface area contributed by atoms with Crippen LogP contribution in [0.2, 0.25) is 5.15 Å². The minimum absolute atomic E-state index is 0.0813. The molecule has 2 aromatic carbocycles. The summed E-state index contributed by atoms with van der Waals surface area (Å²) < 4.78 is 179. The van der Waals surface area contributed by atoms with Crippen LogP contribution in [0.25, 0.3) is 0 Å². The topological polar surface area (TPSA) is 185 Å². The molecule has 1 N–H and O–H groups in total. The van der Waals surface area contributed by atoms with Crippen LogP contribution in [0.15, 0.2) is 48.5 Å². The zero-order valence-corrected chi connectivity index (χ0v) is 29.8. The number of carbonyl (C=O) groups excluding carboxylic acids is 2. The molecule has 0 fully saturated rings. The van der Waals surface area contributed by atoms with Gasteiger partial charge in [0.25, 0.3) is 0 Å². The molecule has 0 atom stereocenters. The molecule has 53 heavy (non-hydrogen) atoms. The molecule has 0 saturated carbocycles. The maximum atomic E-state index is 13.0. The summed E-state index contributed by atoms with van der Waals surface area (Å²) in [5.41, 5.74) is -16.6. The molecule has 1 aromatic heterocycles. The van der Waals surface area contributed by atoms with Gasteiger partial charge in [0.2, 0.25) is 0 Å². The molecule has 296 valence electrons. The van der Waals surface area contributed by atoms with Crippen molar-refractivity contribution in [3.05, 3.63) is 87.5 Å². The molecule has 0 bridgehead atoms. The van der Waals surface area contributed by atoms with Crippen LogP contribution >= 0.6 is 11.6 Å². The summed E-state index contributed by atoms with van der Waals surface area (Å²) in [5.74, 6) is -0.546. The van der Waals surface area contributed by atoms with Gasteiger partial charge in [0.05, 0.1) is 24.9 Å². The molecular formula is C27H25ClF9N3O10S3. The van der Waals surface area contributed by atoms with E-state index in [1.54, 1.807) is 41.0 Å². The highest BCUT2D eigenvalue weighted by molar-refractivity contribution is 8.00. The average molecular weight is 854 g/mol. The fraction of sp³-hybridized carbons (Fsp3) is 0.370. The van der Waals surface area contributed by atoms with E-state index < -0.39 is 65.1 Å². The smallest absolute Gasteiger partial charge is 0.465 e. The van der Waals surface area contributed by atoms with Crippen LogP contribution in [0.1, 0.15) is 63.1 Å². The summed E-state index contributed by atoms with van der Waals surface area (Å²) in [6.07, 6.45) is 2.03. The summed E-state index contributed by atoms with van der Waals surface area (Å²) in [5, 5.41) is -0.104. The number of benzene rings is 2. The van der Waals surface area contributed by atoms with Crippen LogP contribution in [0, 0.1) is 0 Å². The Morgan fingerprint density at radius 2 is 1.32 bits per heavy atom. The molecule has 0 aliphatic heterocycles. The Hall–Kier alpha value is -3.78. The first-order valence-corrected chi connectivity index (χ1v) is 18.7. The third-order valence-corrected chi connectivity index (χ3v) is 10.5. The monoisotopic (exact) mass is 853 g/mol. The molecule has 0 aliphatic carbocycles. The summed E-state index contributed by atoms with van der Waals surface area (Å²) in [6, 6.07) is 12.7. The maximum Gasteiger partial charge on any atom is 0.524 e. The van der Waals surface area contributed by atoms with E-state index in [0.717, 1.165) is 12.8 Å². The van der Waals surface area contributed by atoms with Crippen molar-refractivity contribution < 1.29 is 82.7 Å². The Labute approximate surface area is 300 Å². The molecule has 0 saturated heterocycles. The molecule has 1 heterocycles. The summed E-state index contributed by atoms with van der Waals surface area (Å²) in [4.78, 5) is 29.3. The molecule has 0 radical (unpaired) electrons. The molecular weight excluding hydrogens is 829 g/mol. The second kappa shape index (κ2) is 17.1. The molecule has 0 spiro atoms. The highest BCUT2D eigenvalue weighted by atomic mass is 35.5. The molecule has 0 unspecified atom stereocenters. The Morgan fingerprint density at radius 1 is 0.811 bits per heavy atom. The summed E-state index contributed by atoms with van der Waals surface area (Å²) >= 11 is 6.19. The number of carbonyl (C=O) groups is 2. The predicted molar refractivity (Wildman–Crippen MR) is 165 cm³/mol. The van der Waals surface area contributed by atoms with Crippen molar-refractivity contribution in [2.75, 3.05) is 7.11 Å². The number of unbranched alkanes of at least 4 members (excludes halogenated alkanes) is 1. The van der Waals surface area contributed by atoms with Crippen molar-refractivity contribution in [3.63, 3.8) is 0 Å². The predicted octanol–water partition coefficient (Wildman–Crippen LogP) is 5.59. The fourth-order valence-electron chi connectivity index (χ4n) is 3.90. The molecule has 13 nitrogen and oxygen atoms in total. The Balaban J connectivity index is 0.000000546. The van der Waals surface area contributed by atoms with Crippen molar-refractivity contribution in [1.82, 2.24) is 14.3 Å². The van der Waals surface area contributed by atoms with Gasteiger partial charge in [0, 0.05) is 24.1 Å². The van der Waals surface area contributed by atoms with Gasteiger partial charge in [-0.15, -0.1) is 3.63 Å². The Morgan fingerprint density at radius 3 is 1.77 bits per heavy atom. The van der Waals surface area contributed by atoms with Gasteiger partial charge in [-0.3, -0.25) is 4.79 Å². The van der Waals surface area contributed by atoms with Gasteiger partial charge in [-0.05, 0) is 18.1 Å². The van der Waals surface area contributed by atoms with Crippen molar-refractivity contribution in [3.8, 4) is 0 Å². The van der Waals surface area contributed by atoms with Gasteiger partial charge >= 0.3 is 52.8 Å². The SMILES string of the molecule is CCCCc1nc(Cl)c(CNS(=O)(=O)C(F)(F)F)n1Cc1ccc(C(=O)c2ccccc2C(=O)OC)cc1.O=S(=O)(OS(=O)(=O)C(F)(F)F)C(F)(F)F. The number of nitrogens with zero attached hydrogens (tertiary/aromatic N) is 2. The van der Waals surface area contributed by atoms with Crippen LogP contribution < -0.4 is 4.72 Å². The number of rotatable bonds is 13. The van der Waals surface area contributed by atoms with Crippen LogP contribution in [0.5, 0.6) is 0 Å². The van der Waals surface area contributed by atoms with Gasteiger partial charge in [-0.2, -0.15) is 56.3 Å². The second-order valence-electron chi connectivity index (χ2n) is 10.2. The van der Waals surface area contributed by atoms with E-state index in [4.69, 9.17) is 16.3 Å². The number of alkyl halides is 9. The first kappa shape index (κ1) is 45.4. The number of ketones is 1. The number of esters is 1. The number of ether oxygens (including phenoxy) is 1. The largest absolute Gasteiger partial charge is 0.524 e. The number of methoxy groups -OCH3 is 1. The lowest BCUT2D eigenvalue weighted by atomic mass is 9.97. The molecule has 3 rings (SSSR count). The zero-order chi connectivity index (χ0) is 40.8. The zero-order valence-electron chi connectivity index (χ0n) is 26.6. The third-order valence-electron chi connectivity index (χ3n) is 6.47. The minimum Gasteiger partial charge on any atom is -0.465 e. The van der Waals surface area contributed by atoms with Gasteiger partial charge in [0.1, 0.15) is 5.82 Å². The quantitative estimate of drug-likeness (QED) is 0.0979. The van der Waals surface area contributed by atoms with E-state index in [9.17, 15) is 74.4 Å². The van der Waals surface area contributed by atoms with Crippen LogP contribution in [-0.4, -0.2) is 70.2 Å². The Bertz CT molecular complexity index is 2080. The third kappa shape index (κ3) is 11.6. The van der Waals surface area contributed by atoms with Gasteiger partial charge in [-0.1, -0.05) is 67.4 Å². The lowest BCUT2D eigenvalue weighted by molar-refractivity contribution is -0.0586. The lowest BCUT2D eigenvalue weighted by Gasteiger charge is -2.14. The number of hydrogen-bond acceptors (Lipinski definition) is 11. The molecule has 0 aliphatic rings. The highest BCUT2D eigenvalue weighted by Gasteiger charge is 2.57. The average Bonchev–Trinajstić information content (AvgIpc) is 3.33. The van der Waals surface area contributed by atoms with Crippen LogP contribution in [-0.2, 0) is 58.1 Å². The number of halogens is 10. The van der Waals surface area contributed by atoms with E-state index in [-0.39, 0.29) is 28.5 Å². The van der Waals surface area contributed by atoms with E-state index in [1.807, 2.05) is 10.6 Å².